The molecule has 0 spiro atoms. The molecule has 2 aromatic rings. The molecule has 4 aliphatic rings. The van der Waals surface area contributed by atoms with Crippen molar-refractivity contribution in [2.45, 2.75) is 127 Å². The second kappa shape index (κ2) is 16.9. The van der Waals surface area contributed by atoms with Crippen molar-refractivity contribution in [1.29, 1.82) is 5.26 Å². The smallest absolute Gasteiger partial charge is 0.326 e. The summed E-state index contributed by atoms with van der Waals surface area (Å²) in [5.41, 5.74) is 1.54. The molecule has 7 atom stereocenters. The van der Waals surface area contributed by atoms with Crippen molar-refractivity contribution in [2.75, 3.05) is 13.2 Å². The van der Waals surface area contributed by atoms with Gasteiger partial charge in [0.25, 0.3) is 0 Å². The number of esters is 1. The van der Waals surface area contributed by atoms with Crippen LogP contribution in [0.4, 0.5) is 0 Å². The summed E-state index contributed by atoms with van der Waals surface area (Å²) in [6, 6.07) is 14.5. The van der Waals surface area contributed by atoms with E-state index >= 15 is 0 Å². The molecule has 3 fully saturated rings. The maximum Gasteiger partial charge on any atom is 0.326 e. The van der Waals surface area contributed by atoms with Crippen LogP contribution in [-0.2, 0) is 30.3 Å². The molecule has 2 aromatic carbocycles. The number of aliphatic carboxylic acids is 1. The number of rotatable bonds is 10. The van der Waals surface area contributed by atoms with Crippen molar-refractivity contribution in [2.24, 2.45) is 5.92 Å². The van der Waals surface area contributed by atoms with E-state index < -0.39 is 41.8 Å². The Kier molecular flexibility index (Phi) is 12.6. The number of nitrogens with zero attached hydrogens (tertiary/aromatic N) is 3. The summed E-state index contributed by atoms with van der Waals surface area (Å²) in [7, 11) is 0. The summed E-state index contributed by atoms with van der Waals surface area (Å²) in [6.45, 7) is 7.99. The summed E-state index contributed by atoms with van der Waals surface area (Å²) in [5.74, 6) is -0.634. The molecule has 0 radical (unpaired) electrons. The van der Waals surface area contributed by atoms with Crippen LogP contribution in [0, 0.1) is 17.2 Å². The van der Waals surface area contributed by atoms with E-state index in [1.807, 2.05) is 44.2 Å². The number of aliphatic hydroxyl groups excluding tert-OH is 1. The second-order valence-electron chi connectivity index (χ2n) is 14.8. The number of hydrogen-bond acceptors (Lipinski definition) is 9. The number of fused-ring (bicyclic) bond motifs is 2. The normalized spacial score (nSPS) is 25.7. The summed E-state index contributed by atoms with van der Waals surface area (Å²) in [4.78, 5) is 53.2. The van der Waals surface area contributed by atoms with Crippen LogP contribution in [0.25, 0.3) is 0 Å². The van der Waals surface area contributed by atoms with Gasteiger partial charge in [-0.25, -0.2) is 4.79 Å². The molecule has 0 unspecified atom stereocenters. The largest absolute Gasteiger partial charge is 0.485 e. The number of hydrogen-bond donors (Lipinski definition) is 3. The monoisotopic (exact) mass is 716 g/mol. The summed E-state index contributed by atoms with van der Waals surface area (Å²) in [5, 5.41) is 32.6. The molecule has 280 valence electrons. The Bertz CT molecular complexity index is 1640. The van der Waals surface area contributed by atoms with Gasteiger partial charge in [0.05, 0.1) is 30.3 Å². The fourth-order valence-corrected chi connectivity index (χ4v) is 8.20. The fraction of sp³-hybridized carbons (Fsp3) is 0.575. The van der Waals surface area contributed by atoms with Gasteiger partial charge in [0, 0.05) is 24.6 Å². The zero-order valence-electron chi connectivity index (χ0n) is 30.6. The number of benzene rings is 2. The van der Waals surface area contributed by atoms with Gasteiger partial charge >= 0.3 is 11.9 Å². The van der Waals surface area contributed by atoms with Crippen LogP contribution in [0.3, 0.4) is 0 Å². The lowest BCUT2D eigenvalue weighted by Gasteiger charge is -2.45. The highest BCUT2D eigenvalue weighted by Crippen LogP contribution is 2.44. The Morgan fingerprint density at radius 2 is 1.85 bits per heavy atom. The van der Waals surface area contributed by atoms with E-state index in [2.05, 4.69) is 11.4 Å². The van der Waals surface area contributed by atoms with Crippen molar-refractivity contribution in [3.05, 3.63) is 65.2 Å². The summed E-state index contributed by atoms with van der Waals surface area (Å²) in [6.07, 6.45) is 6.10. The first-order chi connectivity index (χ1) is 24.9. The lowest BCUT2D eigenvalue weighted by molar-refractivity contribution is -0.152. The topological polar surface area (TPSA) is 170 Å². The van der Waals surface area contributed by atoms with Crippen LogP contribution in [0.15, 0.2) is 48.5 Å². The maximum atomic E-state index is 13.4. The standard InChI is InChI=1S/C24H34N2O5.C16H18N2O3/c1-3-31-24(30)19(14-13-17-9-5-4-6-10-17)25-16(2)22(27)26-20-12-8-7-11-18(20)15-21(26)23(28)29;1-16(2)15(20)14(18-7-3-4-13(18)19)11-8-10(9-17)5-6-12(11)21-16/h4-6,9-10,16,18-21,25H,3,7-8,11-15H2,1-2H3,(H,28,29);5-6,8,14-15,20H,3-4,7H2,1-2H3/t16-,18+,19-,20-,21-;14-,15+/m01/s1. The minimum Gasteiger partial charge on any atom is -0.485 e. The number of likely N-dealkylation sites (tertiary alicyclic amines) is 2. The first-order valence-electron chi connectivity index (χ1n) is 18.6. The lowest BCUT2D eigenvalue weighted by Crippen LogP contribution is -2.55. The van der Waals surface area contributed by atoms with Gasteiger partial charge in [0.15, 0.2) is 0 Å². The van der Waals surface area contributed by atoms with Crippen LogP contribution in [0.1, 0.15) is 102 Å². The molecule has 0 aromatic heterocycles. The molecule has 12 nitrogen and oxygen atoms in total. The van der Waals surface area contributed by atoms with Gasteiger partial charge in [0.2, 0.25) is 11.8 Å². The number of carboxylic acids is 1. The van der Waals surface area contributed by atoms with Crippen LogP contribution >= 0.6 is 0 Å². The molecule has 3 heterocycles. The van der Waals surface area contributed by atoms with Crippen LogP contribution in [-0.4, -0.2) is 92.8 Å². The summed E-state index contributed by atoms with van der Waals surface area (Å²) < 4.78 is 11.1. The van der Waals surface area contributed by atoms with Gasteiger partial charge in [0.1, 0.15) is 29.5 Å². The number of carbonyl (C=O) groups is 4. The van der Waals surface area contributed by atoms with E-state index in [9.17, 15) is 29.4 Å². The number of aliphatic hydroxyl groups is 1. The predicted octanol–water partition coefficient (Wildman–Crippen LogP) is 4.53. The first-order valence-corrected chi connectivity index (χ1v) is 18.6. The zero-order chi connectivity index (χ0) is 37.6. The van der Waals surface area contributed by atoms with Crippen LogP contribution < -0.4 is 10.1 Å². The van der Waals surface area contributed by atoms with E-state index in [1.165, 1.54) is 0 Å². The number of amides is 2. The lowest BCUT2D eigenvalue weighted by atomic mass is 9.84. The van der Waals surface area contributed by atoms with Crippen molar-refractivity contribution < 1.29 is 38.9 Å². The Hall–Kier alpha value is -4.47. The Balaban J connectivity index is 0.000000216. The molecule has 2 saturated heterocycles. The van der Waals surface area contributed by atoms with Crippen molar-refractivity contribution in [3.63, 3.8) is 0 Å². The van der Waals surface area contributed by atoms with E-state index in [-0.39, 0.29) is 36.4 Å². The quantitative estimate of drug-likeness (QED) is 0.297. The average Bonchev–Trinajstić information content (AvgIpc) is 3.74. The highest BCUT2D eigenvalue weighted by molar-refractivity contribution is 5.88. The first kappa shape index (κ1) is 38.8. The molecule has 6 rings (SSSR count). The molecular formula is C40H52N4O8. The number of carbonyl (C=O) groups excluding carboxylic acids is 3. The average molecular weight is 717 g/mol. The molecule has 1 saturated carbocycles. The number of nitriles is 1. The number of aryl methyl sites for hydroxylation is 1. The third-order valence-corrected chi connectivity index (χ3v) is 10.9. The third kappa shape index (κ3) is 8.59. The Morgan fingerprint density at radius 3 is 2.50 bits per heavy atom. The molecule has 3 aliphatic heterocycles. The number of ether oxygens (including phenoxy) is 2. The number of carboxylic acid groups (broad SMARTS) is 1. The van der Waals surface area contributed by atoms with Crippen molar-refractivity contribution in [3.8, 4) is 11.8 Å². The van der Waals surface area contributed by atoms with Gasteiger partial charge in [-0.15, -0.1) is 0 Å². The van der Waals surface area contributed by atoms with Gasteiger partial charge in [-0.1, -0.05) is 43.2 Å². The fourth-order valence-electron chi connectivity index (χ4n) is 8.20. The highest BCUT2D eigenvalue weighted by atomic mass is 16.5. The third-order valence-electron chi connectivity index (χ3n) is 10.9. The predicted molar refractivity (Wildman–Crippen MR) is 192 cm³/mol. The molecule has 1 aliphatic carbocycles. The number of nitrogens with one attached hydrogen (secondary N) is 1. The van der Waals surface area contributed by atoms with Crippen molar-refractivity contribution >= 4 is 23.8 Å². The van der Waals surface area contributed by atoms with Crippen LogP contribution in [0.5, 0.6) is 5.75 Å². The Morgan fingerprint density at radius 1 is 1.12 bits per heavy atom. The molecule has 52 heavy (non-hydrogen) atoms. The van der Waals surface area contributed by atoms with E-state index in [0.29, 0.717) is 43.5 Å². The molecule has 12 heteroatoms. The van der Waals surface area contributed by atoms with Gasteiger partial charge in [-0.2, -0.15) is 5.26 Å². The molecule has 0 bridgehead atoms. The zero-order valence-corrected chi connectivity index (χ0v) is 30.6. The SMILES string of the molecule is CC1(C)Oc2ccc(C#N)cc2[C@@H](N2CCCC2=O)[C@@H]1O.CCOC(=O)[C@H](CCc1ccccc1)N[C@@H](C)C(=O)N1[C@H](C(=O)O)C[C@H]2CCCC[C@@H]21. The Labute approximate surface area is 306 Å². The second-order valence-corrected chi connectivity index (χ2v) is 14.8. The van der Waals surface area contributed by atoms with Crippen LogP contribution in [0.2, 0.25) is 0 Å². The van der Waals surface area contributed by atoms with E-state index in [0.717, 1.165) is 43.2 Å². The van der Waals surface area contributed by atoms with E-state index in [4.69, 9.17) is 14.7 Å². The molecule has 2 amide bonds. The van der Waals surface area contributed by atoms with Gasteiger partial charge in [-0.05, 0) is 95.9 Å². The summed E-state index contributed by atoms with van der Waals surface area (Å²) >= 11 is 0. The minimum atomic E-state index is -0.944. The highest BCUT2D eigenvalue weighted by Gasteiger charge is 2.49. The molecule has 3 N–H and O–H groups in total. The van der Waals surface area contributed by atoms with E-state index in [1.54, 1.807) is 41.8 Å². The molecular weight excluding hydrogens is 664 g/mol. The van der Waals surface area contributed by atoms with Gasteiger partial charge < -0.3 is 29.5 Å². The van der Waals surface area contributed by atoms with Gasteiger partial charge in [-0.3, -0.25) is 19.7 Å². The van der Waals surface area contributed by atoms with Crippen molar-refractivity contribution in [1.82, 2.24) is 15.1 Å². The maximum absolute atomic E-state index is 13.4. The minimum absolute atomic E-state index is 0.0167.